The molecule has 1 fully saturated rings. The number of urea groups is 1. The molecule has 2 aliphatic rings. The summed E-state index contributed by atoms with van der Waals surface area (Å²) in [6.45, 7) is 8.49. The van der Waals surface area contributed by atoms with Crippen LogP contribution in [0.15, 0.2) is 0 Å². The average molecular weight is 319 g/mol. The lowest BCUT2D eigenvalue weighted by Gasteiger charge is -2.39. The number of nitrogens with zero attached hydrogens (tertiary/aromatic N) is 3. The van der Waals surface area contributed by atoms with Gasteiger partial charge in [-0.3, -0.25) is 0 Å². The summed E-state index contributed by atoms with van der Waals surface area (Å²) in [5.41, 5.74) is 0.405. The Kier molecular flexibility index (Phi) is 4.60. The molecule has 1 aliphatic heterocycles. The van der Waals surface area contributed by atoms with E-state index in [0.29, 0.717) is 23.9 Å². The molecule has 0 spiro atoms. The van der Waals surface area contributed by atoms with Crippen molar-refractivity contribution in [3.05, 3.63) is 11.6 Å². The number of amides is 2. The molecule has 23 heavy (non-hydrogen) atoms. The van der Waals surface area contributed by atoms with Crippen LogP contribution in [-0.2, 0) is 19.4 Å². The number of hydrogen-bond acceptors (Lipinski definition) is 3. The second kappa shape index (κ2) is 6.49. The van der Waals surface area contributed by atoms with Crippen LogP contribution in [0.4, 0.5) is 4.79 Å². The first-order chi connectivity index (χ1) is 10.9. The minimum Gasteiger partial charge on any atom is -0.338 e. The Labute approximate surface area is 138 Å². The highest BCUT2D eigenvalue weighted by molar-refractivity contribution is 5.74. The van der Waals surface area contributed by atoms with Crippen LogP contribution in [0.1, 0.15) is 58.1 Å². The number of hydrogen-bond donors (Lipinski definition) is 2. The number of fused-ring (bicyclic) bond motifs is 1. The lowest BCUT2D eigenvalue weighted by Crippen LogP contribution is -2.48. The molecule has 2 amide bonds. The first kappa shape index (κ1) is 16.3. The van der Waals surface area contributed by atoms with Crippen molar-refractivity contribution in [1.82, 2.24) is 25.4 Å². The highest BCUT2D eigenvalue weighted by Gasteiger charge is 2.32. The summed E-state index contributed by atoms with van der Waals surface area (Å²) < 4.78 is 2.19. The number of carbonyl (C=O) groups excluding carboxylic acids is 1. The minimum absolute atomic E-state index is 0.0530. The maximum Gasteiger partial charge on any atom is 0.315 e. The third-order valence-electron chi connectivity index (χ3n) is 5.33. The van der Waals surface area contributed by atoms with Gasteiger partial charge in [-0.2, -0.15) is 0 Å². The van der Waals surface area contributed by atoms with Gasteiger partial charge in [0.05, 0.1) is 0 Å². The molecule has 0 aromatic carbocycles. The van der Waals surface area contributed by atoms with Crippen LogP contribution in [0.5, 0.6) is 0 Å². The number of nitrogens with one attached hydrogen (secondary N) is 2. The first-order valence-corrected chi connectivity index (χ1v) is 8.90. The molecule has 128 valence electrons. The standard InChI is InChI=1S/C17H29N5O/c1-12-11-17(2,3)8-6-13(12)19-16(23)18-9-7-15-21-20-14-5-4-10-22(14)15/h12-13H,4-11H2,1-3H3,(H2,18,19,23)/t12-,13-/m1/s1. The van der Waals surface area contributed by atoms with Crippen molar-refractivity contribution in [2.24, 2.45) is 11.3 Å². The van der Waals surface area contributed by atoms with Crippen LogP contribution < -0.4 is 10.6 Å². The minimum atomic E-state index is -0.0530. The molecule has 0 radical (unpaired) electrons. The van der Waals surface area contributed by atoms with Crippen LogP contribution in [0.2, 0.25) is 0 Å². The van der Waals surface area contributed by atoms with E-state index in [9.17, 15) is 4.79 Å². The molecule has 6 nitrogen and oxygen atoms in total. The Morgan fingerprint density at radius 2 is 2.22 bits per heavy atom. The Morgan fingerprint density at radius 1 is 1.39 bits per heavy atom. The number of aryl methyl sites for hydroxylation is 1. The van der Waals surface area contributed by atoms with Gasteiger partial charge in [0.2, 0.25) is 0 Å². The van der Waals surface area contributed by atoms with Gasteiger partial charge in [-0.05, 0) is 37.0 Å². The van der Waals surface area contributed by atoms with Gasteiger partial charge >= 0.3 is 6.03 Å². The molecule has 6 heteroatoms. The van der Waals surface area contributed by atoms with Crippen molar-refractivity contribution in [3.8, 4) is 0 Å². The Morgan fingerprint density at radius 3 is 3.00 bits per heavy atom. The molecule has 1 aliphatic carbocycles. The molecule has 2 N–H and O–H groups in total. The zero-order valence-corrected chi connectivity index (χ0v) is 14.6. The summed E-state index contributed by atoms with van der Waals surface area (Å²) >= 11 is 0. The lowest BCUT2D eigenvalue weighted by molar-refractivity contribution is 0.149. The lowest BCUT2D eigenvalue weighted by atomic mass is 9.70. The van der Waals surface area contributed by atoms with E-state index in [-0.39, 0.29) is 6.03 Å². The molecule has 1 aromatic rings. The molecule has 1 aromatic heterocycles. The molecular weight excluding hydrogens is 290 g/mol. The van der Waals surface area contributed by atoms with E-state index < -0.39 is 0 Å². The number of rotatable bonds is 4. The van der Waals surface area contributed by atoms with Crippen LogP contribution in [0.25, 0.3) is 0 Å². The summed E-state index contributed by atoms with van der Waals surface area (Å²) in [6.07, 6.45) is 6.34. The van der Waals surface area contributed by atoms with Gasteiger partial charge in [-0.15, -0.1) is 10.2 Å². The summed E-state index contributed by atoms with van der Waals surface area (Å²) in [5, 5.41) is 14.5. The van der Waals surface area contributed by atoms with Gasteiger partial charge in [0.15, 0.2) is 0 Å². The molecule has 0 saturated heterocycles. The van der Waals surface area contributed by atoms with Crippen LogP contribution in [-0.4, -0.2) is 33.4 Å². The molecule has 0 unspecified atom stereocenters. The first-order valence-electron chi connectivity index (χ1n) is 8.90. The number of carbonyl (C=O) groups is 1. The van der Waals surface area contributed by atoms with E-state index >= 15 is 0 Å². The van der Waals surface area contributed by atoms with Crippen molar-refractivity contribution in [2.45, 2.75) is 71.9 Å². The van der Waals surface area contributed by atoms with Crippen molar-refractivity contribution in [2.75, 3.05) is 6.54 Å². The van der Waals surface area contributed by atoms with Crippen LogP contribution in [0, 0.1) is 11.3 Å². The molecule has 2 heterocycles. The molecule has 0 bridgehead atoms. The van der Waals surface area contributed by atoms with Gasteiger partial charge in [0.25, 0.3) is 0 Å². The molecule has 3 rings (SSSR count). The maximum atomic E-state index is 12.1. The summed E-state index contributed by atoms with van der Waals surface area (Å²) in [6, 6.07) is 0.239. The van der Waals surface area contributed by atoms with E-state index in [1.165, 1.54) is 12.8 Å². The van der Waals surface area contributed by atoms with Crippen molar-refractivity contribution in [3.63, 3.8) is 0 Å². The Balaban J connectivity index is 1.41. The summed E-state index contributed by atoms with van der Waals surface area (Å²) in [5.74, 6) is 2.61. The SMILES string of the molecule is C[C@@H]1CC(C)(C)CC[C@H]1NC(=O)NCCc1nnc2n1CCC2. The van der Waals surface area contributed by atoms with E-state index in [0.717, 1.165) is 43.9 Å². The van der Waals surface area contributed by atoms with Gasteiger partial charge in [-0.1, -0.05) is 20.8 Å². The van der Waals surface area contributed by atoms with Crippen molar-refractivity contribution >= 4 is 6.03 Å². The average Bonchev–Trinajstić information content (AvgIpc) is 3.06. The summed E-state index contributed by atoms with van der Waals surface area (Å²) in [4.78, 5) is 12.1. The zero-order valence-electron chi connectivity index (χ0n) is 14.6. The maximum absolute atomic E-state index is 12.1. The molecular formula is C17H29N5O. The molecule has 1 saturated carbocycles. The second-order valence-corrected chi connectivity index (χ2v) is 7.93. The third-order valence-corrected chi connectivity index (χ3v) is 5.33. The monoisotopic (exact) mass is 319 g/mol. The predicted molar refractivity (Wildman–Crippen MR) is 89.2 cm³/mol. The van der Waals surface area contributed by atoms with Crippen LogP contribution >= 0.6 is 0 Å². The second-order valence-electron chi connectivity index (χ2n) is 7.93. The highest BCUT2D eigenvalue weighted by atomic mass is 16.2. The summed E-state index contributed by atoms with van der Waals surface area (Å²) in [7, 11) is 0. The fourth-order valence-electron chi connectivity index (χ4n) is 4.06. The van der Waals surface area contributed by atoms with E-state index in [4.69, 9.17) is 0 Å². The molecule has 2 atom stereocenters. The largest absolute Gasteiger partial charge is 0.338 e. The van der Waals surface area contributed by atoms with Crippen molar-refractivity contribution < 1.29 is 4.79 Å². The Bertz CT molecular complexity index is 565. The topological polar surface area (TPSA) is 71.8 Å². The van der Waals surface area contributed by atoms with Crippen LogP contribution in [0.3, 0.4) is 0 Å². The normalized spacial score (nSPS) is 25.9. The fourth-order valence-corrected chi connectivity index (χ4v) is 4.06. The van der Waals surface area contributed by atoms with Gasteiger partial charge in [0.1, 0.15) is 11.6 Å². The van der Waals surface area contributed by atoms with Gasteiger partial charge in [0, 0.05) is 32.0 Å². The predicted octanol–water partition coefficient (Wildman–Crippen LogP) is 2.28. The zero-order chi connectivity index (χ0) is 16.4. The van der Waals surface area contributed by atoms with E-state index in [2.05, 4.69) is 46.2 Å². The highest BCUT2D eigenvalue weighted by Crippen LogP contribution is 2.38. The Hall–Kier alpha value is -1.59. The fraction of sp³-hybridized carbons (Fsp3) is 0.824. The van der Waals surface area contributed by atoms with E-state index in [1.54, 1.807) is 0 Å². The number of aromatic nitrogens is 3. The third kappa shape index (κ3) is 3.85. The van der Waals surface area contributed by atoms with Gasteiger partial charge < -0.3 is 15.2 Å². The smallest absolute Gasteiger partial charge is 0.315 e. The van der Waals surface area contributed by atoms with Crippen molar-refractivity contribution in [1.29, 1.82) is 0 Å². The quantitative estimate of drug-likeness (QED) is 0.894. The van der Waals surface area contributed by atoms with E-state index in [1.807, 2.05) is 0 Å². The van der Waals surface area contributed by atoms with Gasteiger partial charge in [-0.25, -0.2) is 4.79 Å².